The summed E-state index contributed by atoms with van der Waals surface area (Å²) in [5, 5.41) is 17.6. The molecule has 23 heavy (non-hydrogen) atoms. The highest BCUT2D eigenvalue weighted by atomic mass is 32.1. The largest absolute Gasteiger partial charge is 0.486 e. The van der Waals surface area contributed by atoms with Crippen molar-refractivity contribution in [3.05, 3.63) is 64.1 Å². The predicted molar refractivity (Wildman–Crippen MR) is 85.0 cm³/mol. The van der Waals surface area contributed by atoms with E-state index in [4.69, 9.17) is 9.84 Å². The van der Waals surface area contributed by atoms with E-state index in [0.29, 0.717) is 24.5 Å². The van der Waals surface area contributed by atoms with Gasteiger partial charge in [0.05, 0.1) is 13.2 Å². The number of benzene rings is 1. The van der Waals surface area contributed by atoms with Crippen LogP contribution in [0.25, 0.3) is 0 Å². The van der Waals surface area contributed by atoms with Crippen molar-refractivity contribution in [1.82, 2.24) is 14.8 Å². The van der Waals surface area contributed by atoms with E-state index in [1.165, 1.54) is 12.1 Å². The van der Waals surface area contributed by atoms with Gasteiger partial charge in [-0.15, -0.1) is 0 Å². The molecule has 2 aromatic heterocycles. The number of rotatable bonds is 7. The molecule has 3 aromatic rings. The average molecular weight is 333 g/mol. The van der Waals surface area contributed by atoms with Crippen molar-refractivity contribution in [2.45, 2.75) is 19.6 Å². The molecule has 1 N–H and O–H groups in total. The minimum atomic E-state index is -0.305. The van der Waals surface area contributed by atoms with Crippen molar-refractivity contribution < 1.29 is 14.2 Å². The minimum absolute atomic E-state index is 0.00173. The van der Waals surface area contributed by atoms with Crippen LogP contribution in [0.2, 0.25) is 0 Å². The lowest BCUT2D eigenvalue weighted by molar-refractivity contribution is 0.264. The van der Waals surface area contributed by atoms with E-state index in [1.54, 1.807) is 28.2 Å². The van der Waals surface area contributed by atoms with Crippen LogP contribution >= 0.6 is 11.3 Å². The summed E-state index contributed by atoms with van der Waals surface area (Å²) in [7, 11) is 0. The molecule has 0 saturated heterocycles. The quantitative estimate of drug-likeness (QED) is 0.722. The number of aliphatic hydroxyl groups excluding tert-OH is 1. The Bertz CT molecular complexity index is 741. The molecule has 0 spiro atoms. The second-order valence-corrected chi connectivity index (χ2v) is 5.72. The number of nitrogens with zero attached hydrogens (tertiary/aromatic N) is 3. The number of ether oxygens (including phenoxy) is 1. The van der Waals surface area contributed by atoms with Gasteiger partial charge in [-0.2, -0.15) is 16.4 Å². The van der Waals surface area contributed by atoms with Gasteiger partial charge in [-0.1, -0.05) is 0 Å². The Morgan fingerprint density at radius 1 is 1.22 bits per heavy atom. The van der Waals surface area contributed by atoms with Crippen LogP contribution in [0.5, 0.6) is 5.75 Å². The molecule has 0 unspecified atom stereocenters. The summed E-state index contributed by atoms with van der Waals surface area (Å²) >= 11 is 1.63. The summed E-state index contributed by atoms with van der Waals surface area (Å²) < 4.78 is 20.1. The van der Waals surface area contributed by atoms with E-state index < -0.39 is 0 Å². The zero-order valence-electron chi connectivity index (χ0n) is 12.4. The third-order valence-corrected chi connectivity index (χ3v) is 3.96. The maximum Gasteiger partial charge on any atom is 0.188 e. The molecule has 2 heterocycles. The molecule has 120 valence electrons. The number of aliphatic hydroxyl groups is 1. The Balaban J connectivity index is 1.70. The van der Waals surface area contributed by atoms with E-state index in [2.05, 4.69) is 15.5 Å². The van der Waals surface area contributed by atoms with Gasteiger partial charge in [0.1, 0.15) is 24.0 Å². The van der Waals surface area contributed by atoms with Gasteiger partial charge in [-0.3, -0.25) is 0 Å². The van der Waals surface area contributed by atoms with Crippen LogP contribution in [0.15, 0.2) is 41.1 Å². The fourth-order valence-corrected chi connectivity index (χ4v) is 2.81. The molecule has 0 bridgehead atoms. The second-order valence-electron chi connectivity index (χ2n) is 4.94. The molecule has 0 radical (unpaired) electrons. The zero-order valence-corrected chi connectivity index (χ0v) is 13.2. The molecule has 0 aliphatic carbocycles. The fourth-order valence-electron chi connectivity index (χ4n) is 2.15. The minimum Gasteiger partial charge on any atom is -0.486 e. The van der Waals surface area contributed by atoms with E-state index in [1.807, 2.05) is 11.4 Å². The lowest BCUT2D eigenvalue weighted by atomic mass is 10.2. The summed E-state index contributed by atoms with van der Waals surface area (Å²) in [6.45, 7) is 0.585. The first kappa shape index (κ1) is 15.6. The topological polar surface area (TPSA) is 60.2 Å². The van der Waals surface area contributed by atoms with Crippen LogP contribution in [-0.4, -0.2) is 26.5 Å². The third kappa shape index (κ3) is 4.14. The van der Waals surface area contributed by atoms with E-state index in [-0.39, 0.29) is 19.0 Å². The molecule has 5 nitrogen and oxygen atoms in total. The first-order valence-electron chi connectivity index (χ1n) is 7.17. The lowest BCUT2D eigenvalue weighted by Crippen LogP contribution is -2.09. The van der Waals surface area contributed by atoms with Gasteiger partial charge in [0.2, 0.25) is 0 Å². The number of thiophene rings is 1. The van der Waals surface area contributed by atoms with Crippen LogP contribution in [-0.2, 0) is 19.6 Å². The van der Waals surface area contributed by atoms with E-state index in [0.717, 1.165) is 11.4 Å². The first-order valence-corrected chi connectivity index (χ1v) is 8.12. The van der Waals surface area contributed by atoms with Crippen molar-refractivity contribution in [3.8, 4) is 5.75 Å². The highest BCUT2D eigenvalue weighted by molar-refractivity contribution is 7.07. The molecule has 0 aliphatic heterocycles. The van der Waals surface area contributed by atoms with Crippen LogP contribution in [0.1, 0.15) is 17.2 Å². The van der Waals surface area contributed by atoms with Crippen LogP contribution in [0, 0.1) is 5.82 Å². The van der Waals surface area contributed by atoms with Gasteiger partial charge in [0.25, 0.3) is 0 Å². The third-order valence-electron chi connectivity index (χ3n) is 3.23. The highest BCUT2D eigenvalue weighted by Crippen LogP contribution is 2.14. The van der Waals surface area contributed by atoms with Crippen molar-refractivity contribution in [2.24, 2.45) is 0 Å². The van der Waals surface area contributed by atoms with Crippen molar-refractivity contribution >= 4 is 11.3 Å². The van der Waals surface area contributed by atoms with Crippen molar-refractivity contribution in [1.29, 1.82) is 0 Å². The Hall–Kier alpha value is -2.25. The molecular formula is C16H16FN3O2S. The zero-order chi connectivity index (χ0) is 16.1. The normalized spacial score (nSPS) is 10.9. The Labute approximate surface area is 137 Å². The smallest absolute Gasteiger partial charge is 0.188 e. The van der Waals surface area contributed by atoms with Crippen LogP contribution in [0.3, 0.4) is 0 Å². The summed E-state index contributed by atoms with van der Waals surface area (Å²) in [4.78, 5) is 4.48. The second kappa shape index (κ2) is 7.34. The van der Waals surface area contributed by atoms with Gasteiger partial charge in [-0.25, -0.2) is 14.1 Å². The molecule has 0 amide bonds. The Kier molecular flexibility index (Phi) is 4.99. The molecule has 0 atom stereocenters. The summed E-state index contributed by atoms with van der Waals surface area (Å²) in [5.74, 6) is 1.58. The SMILES string of the molecule is OCCn1nc(COc2ccc(F)cc2)nc1Cc1ccsc1. The van der Waals surface area contributed by atoms with Gasteiger partial charge in [0.15, 0.2) is 5.82 Å². The van der Waals surface area contributed by atoms with Gasteiger partial charge in [0, 0.05) is 6.42 Å². The highest BCUT2D eigenvalue weighted by Gasteiger charge is 2.11. The molecule has 1 aromatic carbocycles. The predicted octanol–water partition coefficient (Wildman–Crippen LogP) is 2.64. The Morgan fingerprint density at radius 2 is 2.04 bits per heavy atom. The molecular weight excluding hydrogens is 317 g/mol. The number of halogens is 1. The van der Waals surface area contributed by atoms with Crippen molar-refractivity contribution in [2.75, 3.05) is 6.61 Å². The number of hydrogen-bond donors (Lipinski definition) is 1. The van der Waals surface area contributed by atoms with E-state index >= 15 is 0 Å². The van der Waals surface area contributed by atoms with Gasteiger partial charge >= 0.3 is 0 Å². The maximum atomic E-state index is 12.9. The summed E-state index contributed by atoms with van der Waals surface area (Å²) in [5.41, 5.74) is 1.16. The standard InChI is InChI=1S/C16H16FN3O2S/c17-13-1-3-14(4-2-13)22-10-15-18-16(20(19-15)6-7-21)9-12-5-8-23-11-12/h1-5,8,11,21H,6-7,9-10H2. The van der Waals surface area contributed by atoms with E-state index in [9.17, 15) is 4.39 Å². The molecule has 0 aliphatic rings. The molecule has 7 heteroatoms. The van der Waals surface area contributed by atoms with Crippen LogP contribution < -0.4 is 4.74 Å². The fraction of sp³-hybridized carbons (Fsp3) is 0.250. The number of hydrogen-bond acceptors (Lipinski definition) is 5. The van der Waals surface area contributed by atoms with Gasteiger partial charge < -0.3 is 9.84 Å². The summed E-state index contributed by atoms with van der Waals surface area (Å²) in [6.07, 6.45) is 0.660. The lowest BCUT2D eigenvalue weighted by Gasteiger charge is -2.02. The first-order chi connectivity index (χ1) is 11.2. The molecule has 0 fully saturated rings. The van der Waals surface area contributed by atoms with Crippen molar-refractivity contribution in [3.63, 3.8) is 0 Å². The Morgan fingerprint density at radius 3 is 2.74 bits per heavy atom. The summed E-state index contributed by atoms with van der Waals surface area (Å²) in [6, 6.07) is 7.85. The average Bonchev–Trinajstić information content (AvgIpc) is 3.18. The maximum absolute atomic E-state index is 12.9. The number of aromatic nitrogens is 3. The molecule has 3 rings (SSSR count). The van der Waals surface area contributed by atoms with Gasteiger partial charge in [-0.05, 0) is 46.7 Å². The van der Waals surface area contributed by atoms with Crippen LogP contribution in [0.4, 0.5) is 4.39 Å². The monoisotopic (exact) mass is 333 g/mol. The molecule has 0 saturated carbocycles.